The third-order valence-electron chi connectivity index (χ3n) is 2.58. The number of pyridine rings is 1. The van der Waals surface area contributed by atoms with Crippen molar-refractivity contribution >= 4 is 18.2 Å². The normalized spacial score (nSPS) is 15.7. The zero-order valence-electron chi connectivity index (χ0n) is 9.41. The van der Waals surface area contributed by atoms with Gasteiger partial charge in [0.25, 0.3) is 0 Å². The number of fused-ring (bicyclic) bond motifs is 1. The van der Waals surface area contributed by atoms with Crippen LogP contribution < -0.4 is 0 Å². The first-order valence-corrected chi connectivity index (χ1v) is 6.30. The van der Waals surface area contributed by atoms with E-state index in [1.807, 2.05) is 4.31 Å². The van der Waals surface area contributed by atoms with Gasteiger partial charge >= 0.3 is 6.18 Å². The largest absolute Gasteiger partial charge is 0.389 e. The lowest BCUT2D eigenvalue weighted by Crippen LogP contribution is -2.12. The third kappa shape index (κ3) is 3.46. The average Bonchev–Trinajstić information content (AvgIpc) is 2.68. The molecule has 1 aromatic rings. The maximum Gasteiger partial charge on any atom is 0.389 e. The number of alkyl halides is 3. The molecule has 98 valence electrons. The van der Waals surface area contributed by atoms with Gasteiger partial charge in [0.15, 0.2) is 6.29 Å². The fourth-order valence-electron chi connectivity index (χ4n) is 1.72. The summed E-state index contributed by atoms with van der Waals surface area (Å²) >= 11 is 1.18. The molecule has 0 spiro atoms. The van der Waals surface area contributed by atoms with E-state index in [1.165, 1.54) is 11.9 Å². The van der Waals surface area contributed by atoms with Gasteiger partial charge in [-0.05, 0) is 17.2 Å². The van der Waals surface area contributed by atoms with Crippen molar-refractivity contribution in [3.8, 4) is 0 Å². The highest BCUT2D eigenvalue weighted by atomic mass is 32.2. The zero-order chi connectivity index (χ0) is 13.2. The van der Waals surface area contributed by atoms with Crippen molar-refractivity contribution in [2.75, 3.05) is 5.75 Å². The predicted octanol–water partition coefficient (Wildman–Crippen LogP) is 2.81. The molecule has 18 heavy (non-hydrogen) atoms. The van der Waals surface area contributed by atoms with Crippen molar-refractivity contribution in [3.63, 3.8) is 0 Å². The molecule has 0 amide bonds. The molecular weight excluding hydrogens is 265 g/mol. The van der Waals surface area contributed by atoms with Crippen molar-refractivity contribution in [1.29, 1.82) is 0 Å². The molecular formula is C11H11F3N2OS. The Kier molecular flexibility index (Phi) is 3.91. The molecule has 1 aliphatic rings. The lowest BCUT2D eigenvalue weighted by molar-refractivity contribution is -0.129. The quantitative estimate of drug-likeness (QED) is 0.625. The molecule has 0 aromatic carbocycles. The first kappa shape index (κ1) is 13.4. The van der Waals surface area contributed by atoms with E-state index in [4.69, 9.17) is 0 Å². The Morgan fingerprint density at radius 3 is 2.78 bits per heavy atom. The standard InChI is InChI=1S/C11H11F3N2OS/c12-11(13,14)1-2-18-16-5-8-3-10(7-17)15-4-9(8)6-16/h3-4,7H,1-2,5-6H2. The van der Waals surface area contributed by atoms with Crippen LogP contribution in [0.5, 0.6) is 0 Å². The number of nitrogens with zero attached hydrogens (tertiary/aromatic N) is 2. The Morgan fingerprint density at radius 1 is 1.39 bits per heavy atom. The summed E-state index contributed by atoms with van der Waals surface area (Å²) in [5.41, 5.74) is 2.29. The summed E-state index contributed by atoms with van der Waals surface area (Å²) in [5, 5.41) is 0. The highest BCUT2D eigenvalue weighted by Gasteiger charge is 2.28. The molecule has 2 rings (SSSR count). The monoisotopic (exact) mass is 276 g/mol. The van der Waals surface area contributed by atoms with Gasteiger partial charge in [0.05, 0.1) is 6.42 Å². The van der Waals surface area contributed by atoms with E-state index in [-0.39, 0.29) is 5.75 Å². The van der Waals surface area contributed by atoms with Gasteiger partial charge in [-0.2, -0.15) is 13.2 Å². The van der Waals surface area contributed by atoms with E-state index in [0.29, 0.717) is 25.1 Å². The molecule has 7 heteroatoms. The number of hydrogen-bond donors (Lipinski definition) is 0. The van der Waals surface area contributed by atoms with Crippen LogP contribution in [0.4, 0.5) is 13.2 Å². The van der Waals surface area contributed by atoms with Gasteiger partial charge in [-0.25, -0.2) is 4.31 Å². The molecule has 0 radical (unpaired) electrons. The molecule has 0 atom stereocenters. The number of aldehydes is 1. The Morgan fingerprint density at radius 2 is 2.11 bits per heavy atom. The summed E-state index contributed by atoms with van der Waals surface area (Å²) in [4.78, 5) is 14.5. The van der Waals surface area contributed by atoms with Crippen molar-refractivity contribution in [2.24, 2.45) is 0 Å². The molecule has 2 heterocycles. The van der Waals surface area contributed by atoms with Crippen LogP contribution in [-0.2, 0) is 13.1 Å². The number of hydrogen-bond acceptors (Lipinski definition) is 4. The van der Waals surface area contributed by atoms with Crippen LogP contribution in [0.3, 0.4) is 0 Å². The second-order valence-electron chi connectivity index (χ2n) is 3.99. The van der Waals surface area contributed by atoms with E-state index in [2.05, 4.69) is 4.98 Å². The lowest BCUT2D eigenvalue weighted by Gasteiger charge is -2.13. The van der Waals surface area contributed by atoms with Gasteiger partial charge in [-0.15, -0.1) is 0 Å². The molecule has 0 aliphatic carbocycles. The van der Waals surface area contributed by atoms with E-state index in [9.17, 15) is 18.0 Å². The number of carbonyl (C=O) groups is 1. The van der Waals surface area contributed by atoms with Gasteiger partial charge in [0.2, 0.25) is 0 Å². The molecule has 0 fully saturated rings. The minimum absolute atomic E-state index is 0.0193. The molecule has 1 aliphatic heterocycles. The van der Waals surface area contributed by atoms with Gasteiger partial charge in [-0.1, -0.05) is 11.9 Å². The first-order chi connectivity index (χ1) is 8.48. The van der Waals surface area contributed by atoms with E-state index >= 15 is 0 Å². The van der Waals surface area contributed by atoms with Crippen LogP contribution in [0.2, 0.25) is 0 Å². The second kappa shape index (κ2) is 5.27. The predicted molar refractivity (Wildman–Crippen MR) is 62.0 cm³/mol. The number of rotatable bonds is 4. The Balaban J connectivity index is 1.88. The number of halogens is 3. The maximum absolute atomic E-state index is 12.0. The third-order valence-corrected chi connectivity index (χ3v) is 3.59. The average molecular weight is 276 g/mol. The van der Waals surface area contributed by atoms with Crippen LogP contribution in [0.1, 0.15) is 28.0 Å². The van der Waals surface area contributed by atoms with Gasteiger partial charge in [0.1, 0.15) is 5.69 Å². The molecule has 3 nitrogen and oxygen atoms in total. The summed E-state index contributed by atoms with van der Waals surface area (Å²) < 4.78 is 37.9. The molecule has 0 saturated heterocycles. The molecule has 0 saturated carbocycles. The summed E-state index contributed by atoms with van der Waals surface area (Å²) in [6.07, 6.45) is -2.61. The highest BCUT2D eigenvalue weighted by molar-refractivity contribution is 7.96. The summed E-state index contributed by atoms with van der Waals surface area (Å²) in [6.45, 7) is 1.13. The number of carbonyl (C=O) groups excluding carboxylic acids is 1. The van der Waals surface area contributed by atoms with Crippen LogP contribution in [0.15, 0.2) is 12.3 Å². The molecule has 0 N–H and O–H groups in total. The van der Waals surface area contributed by atoms with Crippen LogP contribution >= 0.6 is 11.9 Å². The molecule has 0 bridgehead atoms. The Labute approximate surface area is 107 Å². The summed E-state index contributed by atoms with van der Waals surface area (Å²) in [6, 6.07) is 1.69. The minimum Gasteiger partial charge on any atom is -0.296 e. The van der Waals surface area contributed by atoms with Crippen molar-refractivity contribution in [1.82, 2.24) is 9.29 Å². The minimum atomic E-state index is -4.11. The van der Waals surface area contributed by atoms with Crippen LogP contribution in [0, 0.1) is 0 Å². The van der Waals surface area contributed by atoms with E-state index < -0.39 is 12.6 Å². The second-order valence-corrected chi connectivity index (χ2v) is 5.18. The fourth-order valence-corrected chi connectivity index (χ4v) is 2.76. The maximum atomic E-state index is 12.0. The number of aromatic nitrogens is 1. The van der Waals surface area contributed by atoms with Crippen LogP contribution in [-0.4, -0.2) is 27.5 Å². The lowest BCUT2D eigenvalue weighted by atomic mass is 10.1. The fraction of sp³-hybridized carbons (Fsp3) is 0.455. The Bertz CT molecular complexity index is 450. The van der Waals surface area contributed by atoms with Gasteiger partial charge in [-0.3, -0.25) is 9.78 Å². The van der Waals surface area contributed by atoms with Gasteiger partial charge < -0.3 is 0 Å². The first-order valence-electron chi connectivity index (χ1n) is 5.35. The topological polar surface area (TPSA) is 33.2 Å². The van der Waals surface area contributed by atoms with Crippen LogP contribution in [0.25, 0.3) is 0 Å². The van der Waals surface area contributed by atoms with Crippen molar-refractivity contribution < 1.29 is 18.0 Å². The van der Waals surface area contributed by atoms with Crippen molar-refractivity contribution in [2.45, 2.75) is 25.7 Å². The molecule has 1 aromatic heterocycles. The SMILES string of the molecule is O=Cc1cc2c(cn1)CN(SCCC(F)(F)F)C2. The van der Waals surface area contributed by atoms with Crippen molar-refractivity contribution in [3.05, 3.63) is 29.1 Å². The van der Waals surface area contributed by atoms with Gasteiger partial charge in [0, 0.05) is 25.0 Å². The Hall–Kier alpha value is -1.08. The summed E-state index contributed by atoms with van der Waals surface area (Å²) in [7, 11) is 0. The van der Waals surface area contributed by atoms with E-state index in [1.54, 1.807) is 12.3 Å². The smallest absolute Gasteiger partial charge is 0.296 e. The highest BCUT2D eigenvalue weighted by Crippen LogP contribution is 2.30. The summed E-state index contributed by atoms with van der Waals surface area (Å²) in [5.74, 6) is 0.0193. The zero-order valence-corrected chi connectivity index (χ0v) is 10.2. The van der Waals surface area contributed by atoms with E-state index in [0.717, 1.165) is 11.1 Å². The molecule has 0 unspecified atom stereocenters.